The molecule has 1 aromatic carbocycles. The Morgan fingerprint density at radius 3 is 2.64 bits per heavy atom. The first-order chi connectivity index (χ1) is 6.65. The van der Waals surface area contributed by atoms with Crippen molar-refractivity contribution in [3.8, 4) is 0 Å². The van der Waals surface area contributed by atoms with Gasteiger partial charge in [0.2, 0.25) is 0 Å². The van der Waals surface area contributed by atoms with Gasteiger partial charge in [0.15, 0.2) is 0 Å². The Labute approximate surface area is 90.5 Å². The Morgan fingerprint density at radius 1 is 1.43 bits per heavy atom. The highest BCUT2D eigenvalue weighted by Crippen LogP contribution is 2.33. The topological polar surface area (TPSA) is 49.7 Å². The van der Waals surface area contributed by atoms with Crippen molar-refractivity contribution in [3.05, 3.63) is 33.8 Å². The van der Waals surface area contributed by atoms with Crippen LogP contribution in [0.15, 0.2) is 22.7 Å². The summed E-state index contributed by atoms with van der Waals surface area (Å²) in [5, 5.41) is 19.2. The first-order valence-electron chi connectivity index (χ1n) is 4.35. The van der Waals surface area contributed by atoms with Crippen LogP contribution in [0.25, 0.3) is 0 Å². The summed E-state index contributed by atoms with van der Waals surface area (Å²) in [5.74, 6) is 0. The van der Waals surface area contributed by atoms with Gasteiger partial charge in [-0.05, 0) is 23.3 Å². The van der Waals surface area contributed by atoms with Crippen molar-refractivity contribution in [1.29, 1.82) is 0 Å². The maximum atomic E-state index is 10.0. The van der Waals surface area contributed by atoms with E-state index in [2.05, 4.69) is 15.9 Å². The van der Waals surface area contributed by atoms with E-state index in [4.69, 9.17) is 9.84 Å². The van der Waals surface area contributed by atoms with E-state index >= 15 is 0 Å². The van der Waals surface area contributed by atoms with Gasteiger partial charge in [0, 0.05) is 4.47 Å². The van der Waals surface area contributed by atoms with E-state index < -0.39 is 5.60 Å². The zero-order valence-corrected chi connectivity index (χ0v) is 9.12. The standard InChI is InChI=1S/C10H11BrO3/c11-8-1-2-9(7(3-8)4-12)10(13)5-14-6-10/h1-3,12-13H,4-6H2. The number of halogens is 1. The second kappa shape index (κ2) is 3.62. The quantitative estimate of drug-likeness (QED) is 0.837. The molecule has 0 bridgehead atoms. The first kappa shape index (κ1) is 10.1. The molecule has 1 aliphatic rings. The fourth-order valence-corrected chi connectivity index (χ4v) is 2.01. The van der Waals surface area contributed by atoms with E-state index in [0.29, 0.717) is 13.2 Å². The van der Waals surface area contributed by atoms with Gasteiger partial charge in [0.1, 0.15) is 5.60 Å². The molecule has 0 amide bonds. The highest BCUT2D eigenvalue weighted by atomic mass is 79.9. The van der Waals surface area contributed by atoms with Gasteiger partial charge in [-0.2, -0.15) is 0 Å². The lowest BCUT2D eigenvalue weighted by atomic mass is 9.88. The molecule has 76 valence electrons. The van der Waals surface area contributed by atoms with Gasteiger partial charge in [-0.15, -0.1) is 0 Å². The molecule has 1 saturated heterocycles. The molecule has 2 rings (SSSR count). The van der Waals surface area contributed by atoms with Gasteiger partial charge >= 0.3 is 0 Å². The Morgan fingerprint density at radius 2 is 2.14 bits per heavy atom. The van der Waals surface area contributed by atoms with Crippen LogP contribution in [0.2, 0.25) is 0 Å². The van der Waals surface area contributed by atoms with Crippen molar-refractivity contribution < 1.29 is 14.9 Å². The van der Waals surface area contributed by atoms with Crippen LogP contribution in [0.1, 0.15) is 11.1 Å². The third kappa shape index (κ3) is 1.59. The minimum absolute atomic E-state index is 0.0723. The van der Waals surface area contributed by atoms with Gasteiger partial charge in [0.25, 0.3) is 0 Å². The van der Waals surface area contributed by atoms with Crippen LogP contribution in [-0.4, -0.2) is 23.4 Å². The molecule has 0 unspecified atom stereocenters. The van der Waals surface area contributed by atoms with Gasteiger partial charge < -0.3 is 14.9 Å². The molecule has 0 saturated carbocycles. The number of rotatable bonds is 2. The highest BCUT2D eigenvalue weighted by Gasteiger charge is 2.39. The van der Waals surface area contributed by atoms with Crippen molar-refractivity contribution in [1.82, 2.24) is 0 Å². The molecule has 4 heteroatoms. The molecule has 14 heavy (non-hydrogen) atoms. The molecule has 0 aliphatic carbocycles. The Balaban J connectivity index is 2.41. The molecule has 0 aromatic heterocycles. The number of ether oxygens (including phenoxy) is 1. The lowest BCUT2D eigenvalue weighted by Crippen LogP contribution is -2.47. The zero-order valence-electron chi connectivity index (χ0n) is 7.53. The van der Waals surface area contributed by atoms with Crippen LogP contribution in [0.5, 0.6) is 0 Å². The largest absolute Gasteiger partial charge is 0.392 e. The maximum absolute atomic E-state index is 10.0. The second-order valence-corrected chi connectivity index (χ2v) is 4.40. The van der Waals surface area contributed by atoms with Gasteiger partial charge in [-0.3, -0.25) is 0 Å². The average Bonchev–Trinajstić information content (AvgIpc) is 2.14. The molecule has 1 aromatic rings. The summed E-state index contributed by atoms with van der Waals surface area (Å²) in [7, 11) is 0. The fraction of sp³-hybridized carbons (Fsp3) is 0.400. The number of aliphatic hydroxyl groups is 2. The van der Waals surface area contributed by atoms with Crippen LogP contribution in [0.4, 0.5) is 0 Å². The van der Waals surface area contributed by atoms with E-state index in [1.165, 1.54) is 0 Å². The molecule has 0 atom stereocenters. The number of benzene rings is 1. The summed E-state index contributed by atoms with van der Waals surface area (Å²) < 4.78 is 5.88. The van der Waals surface area contributed by atoms with E-state index in [0.717, 1.165) is 15.6 Å². The lowest BCUT2D eigenvalue weighted by Gasteiger charge is -2.37. The zero-order chi connectivity index (χ0) is 10.2. The van der Waals surface area contributed by atoms with Crippen molar-refractivity contribution in [2.24, 2.45) is 0 Å². The number of hydrogen-bond donors (Lipinski definition) is 2. The monoisotopic (exact) mass is 258 g/mol. The van der Waals surface area contributed by atoms with Crippen LogP contribution >= 0.6 is 15.9 Å². The SMILES string of the molecule is OCc1cc(Br)ccc1C1(O)COC1. The minimum Gasteiger partial charge on any atom is -0.392 e. The third-order valence-electron chi connectivity index (χ3n) is 2.42. The molecular formula is C10H11BrO3. The van der Waals surface area contributed by atoms with Crippen LogP contribution in [0, 0.1) is 0 Å². The smallest absolute Gasteiger partial charge is 0.136 e. The third-order valence-corrected chi connectivity index (χ3v) is 2.91. The van der Waals surface area contributed by atoms with Gasteiger partial charge in [0.05, 0.1) is 19.8 Å². The average molecular weight is 259 g/mol. The van der Waals surface area contributed by atoms with E-state index in [1.54, 1.807) is 0 Å². The predicted molar refractivity (Wildman–Crippen MR) is 54.8 cm³/mol. The maximum Gasteiger partial charge on any atom is 0.136 e. The van der Waals surface area contributed by atoms with Crippen LogP contribution in [-0.2, 0) is 16.9 Å². The van der Waals surface area contributed by atoms with Gasteiger partial charge in [-0.25, -0.2) is 0 Å². The van der Waals surface area contributed by atoms with Crippen molar-refractivity contribution in [3.63, 3.8) is 0 Å². The number of hydrogen-bond acceptors (Lipinski definition) is 3. The summed E-state index contributed by atoms with van der Waals surface area (Å²) in [6, 6.07) is 5.48. The molecule has 0 spiro atoms. The summed E-state index contributed by atoms with van der Waals surface area (Å²) in [6.07, 6.45) is 0. The van der Waals surface area contributed by atoms with Crippen molar-refractivity contribution in [2.75, 3.05) is 13.2 Å². The fourth-order valence-electron chi connectivity index (χ4n) is 1.60. The van der Waals surface area contributed by atoms with Crippen molar-refractivity contribution in [2.45, 2.75) is 12.2 Å². The van der Waals surface area contributed by atoms with Gasteiger partial charge in [-0.1, -0.05) is 22.0 Å². The van der Waals surface area contributed by atoms with E-state index in [1.807, 2.05) is 18.2 Å². The summed E-state index contributed by atoms with van der Waals surface area (Å²) in [4.78, 5) is 0. The number of aliphatic hydroxyl groups excluding tert-OH is 1. The molecular weight excluding hydrogens is 248 g/mol. The molecule has 1 heterocycles. The highest BCUT2D eigenvalue weighted by molar-refractivity contribution is 9.10. The molecule has 1 fully saturated rings. The molecule has 2 N–H and O–H groups in total. The summed E-state index contributed by atoms with van der Waals surface area (Å²) in [6.45, 7) is 0.542. The Hall–Kier alpha value is -0.420. The molecule has 3 nitrogen and oxygen atoms in total. The molecule has 0 radical (unpaired) electrons. The second-order valence-electron chi connectivity index (χ2n) is 3.48. The van der Waals surface area contributed by atoms with Crippen LogP contribution in [0.3, 0.4) is 0 Å². The van der Waals surface area contributed by atoms with E-state index in [9.17, 15) is 5.11 Å². The summed E-state index contributed by atoms with van der Waals surface area (Å²) in [5.41, 5.74) is 0.596. The normalized spacial score (nSPS) is 19.1. The van der Waals surface area contributed by atoms with E-state index in [-0.39, 0.29) is 6.61 Å². The first-order valence-corrected chi connectivity index (χ1v) is 5.15. The predicted octanol–water partition coefficient (Wildman–Crippen LogP) is 1.16. The van der Waals surface area contributed by atoms with Crippen LogP contribution < -0.4 is 0 Å². The minimum atomic E-state index is -0.904. The summed E-state index contributed by atoms with van der Waals surface area (Å²) >= 11 is 3.32. The van der Waals surface area contributed by atoms with Crippen molar-refractivity contribution >= 4 is 15.9 Å². The Kier molecular flexibility index (Phi) is 2.62. The molecule has 1 aliphatic heterocycles. The lowest BCUT2D eigenvalue weighted by molar-refractivity contribution is -0.185. The Bertz CT molecular complexity index is 347.